The Bertz CT molecular complexity index is 7760. The topological polar surface area (TPSA) is 635 Å². The second kappa shape index (κ2) is 48.6. The first-order valence-corrected chi connectivity index (χ1v) is 48.4. The van der Waals surface area contributed by atoms with Crippen molar-refractivity contribution in [3.8, 4) is 40.0 Å². The van der Waals surface area contributed by atoms with Gasteiger partial charge in [0.2, 0.25) is 23.8 Å². The van der Waals surface area contributed by atoms with Crippen LogP contribution in [0.15, 0.2) is 228 Å². The van der Waals surface area contributed by atoms with Crippen LogP contribution in [0, 0.1) is 0 Å². The first kappa shape index (κ1) is 110. The number of anilines is 12. The number of aryl methyl sites for hydroxylation is 2. The van der Waals surface area contributed by atoms with Crippen molar-refractivity contribution in [3.05, 3.63) is 270 Å². The molecule has 2 aliphatic carbocycles. The molecule has 762 valence electrons. The van der Waals surface area contributed by atoms with Gasteiger partial charge in [0.25, 0.3) is 21.2 Å². The maximum atomic E-state index is 14.9. The van der Waals surface area contributed by atoms with Gasteiger partial charge >= 0.3 is 34.3 Å². The van der Waals surface area contributed by atoms with Crippen molar-refractivity contribution in [2.24, 2.45) is 14.1 Å². The molecule has 2 aliphatic rings. The van der Waals surface area contributed by atoms with Crippen LogP contribution in [0.25, 0.3) is 44.1 Å². The van der Waals surface area contributed by atoms with E-state index < -0.39 is 99.1 Å². The summed E-state index contributed by atoms with van der Waals surface area (Å²) in [4.78, 5) is 146. The van der Waals surface area contributed by atoms with E-state index in [1.165, 1.54) is 162 Å². The molecule has 0 amide bonds. The number of carboxylic acids is 2. The first-order valence-electron chi connectivity index (χ1n) is 42.6. The number of hydroxylamine groups is 2. The van der Waals surface area contributed by atoms with E-state index in [0.717, 1.165) is 24.2 Å². The van der Waals surface area contributed by atoms with Crippen molar-refractivity contribution >= 4 is 195 Å². The molecule has 0 spiro atoms. The lowest BCUT2D eigenvalue weighted by atomic mass is 9.80. The van der Waals surface area contributed by atoms with Crippen molar-refractivity contribution in [2.45, 2.75) is 52.2 Å². The van der Waals surface area contributed by atoms with Crippen LogP contribution in [-0.4, -0.2) is 192 Å². The predicted molar refractivity (Wildman–Crippen MR) is 536 cm³/mol. The zero-order chi connectivity index (χ0) is 106. The van der Waals surface area contributed by atoms with Gasteiger partial charge in [0.05, 0.1) is 169 Å². The summed E-state index contributed by atoms with van der Waals surface area (Å²) >= 11 is 2.13. The highest BCUT2D eigenvalue weighted by Crippen LogP contribution is 2.50. The number of aromatic carboxylic acids is 2. The summed E-state index contributed by atoms with van der Waals surface area (Å²) in [5.74, 6) is -6.91. The summed E-state index contributed by atoms with van der Waals surface area (Å²) in [7, 11) is 6.17. The number of rotatable bonds is 38. The molecule has 4 aromatic heterocycles. The summed E-state index contributed by atoms with van der Waals surface area (Å²) in [6.45, 7) is 8.00. The highest BCUT2D eigenvalue weighted by molar-refractivity contribution is 7.95. The van der Waals surface area contributed by atoms with Crippen LogP contribution in [0.2, 0.25) is 0 Å². The van der Waals surface area contributed by atoms with Crippen LogP contribution in [0.3, 0.4) is 0 Å². The molecule has 0 saturated carbocycles. The van der Waals surface area contributed by atoms with Crippen LogP contribution in [-0.2, 0) is 82.0 Å². The Morgan fingerprint density at radius 3 is 1.20 bits per heavy atom. The second-order valence-electron chi connectivity index (χ2n) is 30.8. The lowest BCUT2D eigenvalue weighted by molar-refractivity contribution is -0.743. The van der Waals surface area contributed by atoms with Gasteiger partial charge in [-0.2, -0.15) is 53.2 Å². The van der Waals surface area contributed by atoms with Crippen LogP contribution in [0.4, 0.5) is 69.3 Å². The van der Waals surface area contributed by atoms with Gasteiger partial charge in [-0.1, -0.05) is 135 Å². The van der Waals surface area contributed by atoms with Crippen molar-refractivity contribution in [2.75, 3.05) is 88.3 Å². The smallest absolute Gasteiger partial charge is 0.479 e. The molecule has 0 bridgehead atoms. The minimum atomic E-state index is -5.13. The summed E-state index contributed by atoms with van der Waals surface area (Å²) in [5, 5.41) is 92.5. The zero-order valence-electron chi connectivity index (χ0n) is 78.9. The van der Waals surface area contributed by atoms with Gasteiger partial charge in [0, 0.05) is 88.2 Å². The molecule has 0 unspecified atom stereocenters. The highest BCUT2D eigenvalue weighted by Gasteiger charge is 2.39. The minimum absolute atomic E-state index is 0.0259. The predicted octanol–water partition coefficient (Wildman–Crippen LogP) is 15.3. The number of carbonyl (C=O) groups is 6. The molecule has 0 atom stereocenters. The summed E-state index contributed by atoms with van der Waals surface area (Å²) in [6.07, 6.45) is 0. The van der Waals surface area contributed by atoms with Crippen LogP contribution >= 0.6 is 48.2 Å². The van der Waals surface area contributed by atoms with Gasteiger partial charge in [-0.3, -0.25) is 33.3 Å². The number of hydrogen-bond acceptors (Lipinski definition) is 46. The van der Waals surface area contributed by atoms with E-state index in [9.17, 15) is 80.2 Å². The van der Waals surface area contributed by atoms with Crippen molar-refractivity contribution in [1.82, 2.24) is 54.9 Å². The molecule has 0 aliphatic heterocycles. The summed E-state index contributed by atoms with van der Waals surface area (Å²) < 4.78 is 90.2. The second-order valence-corrected chi connectivity index (χ2v) is 37.4. The van der Waals surface area contributed by atoms with E-state index >= 15 is 0 Å². The quantitative estimate of drug-likeness (QED) is 0.00325. The SMILES string of the molecule is CC.CC.CN(C)C.CNOOOSc1cccc(C(=O)c2c3c4c(c(Nc5cc(Nc6nc(O)nc(Nc7ccccc7C(=O)O)n6)c(OS(=O)(=O)[N+](C)(C)C)cc5SOOONC)ccc4n(C)c2=O)C(=O)c2ccccc2-3)c1.Cn1c(=O)c(C(=O)c2cccc(SOOO)c2)c2c3c(c(Nc4cc(Nc5nc(O)nc(Nc6ccccc6C(=O)O)n5)c(S(=O)(=O)O)cc4SOOO)ccc31)C(=O)c1ccccc1-2. The fourth-order valence-corrected chi connectivity index (χ4v) is 17.5. The lowest BCUT2D eigenvalue weighted by Gasteiger charge is -2.26. The van der Waals surface area contributed by atoms with Crippen LogP contribution in [0.1, 0.15) is 112 Å². The van der Waals surface area contributed by atoms with Crippen molar-refractivity contribution in [3.63, 3.8) is 0 Å². The van der Waals surface area contributed by atoms with Crippen molar-refractivity contribution < 1.29 is 137 Å². The minimum Gasteiger partial charge on any atom is -0.479 e. The van der Waals surface area contributed by atoms with E-state index in [1.54, 1.807) is 78.9 Å². The lowest BCUT2D eigenvalue weighted by Crippen LogP contribution is -2.44. The normalized spacial score (nSPS) is 11.7. The molecule has 4 heterocycles. The Hall–Kier alpha value is -14.9. The molecule has 10 aromatic carbocycles. The van der Waals surface area contributed by atoms with Gasteiger partial charge in [0.1, 0.15) is 4.90 Å². The number of carboxylic acid groups (broad SMARTS) is 2. The maximum absolute atomic E-state index is 14.9. The Kier molecular flexibility index (Phi) is 36.6. The number of quaternary nitrogens is 1. The third-order valence-corrected chi connectivity index (χ3v) is 25.4. The molecular formula is C92H89N18O30S6+. The van der Waals surface area contributed by atoms with Crippen LogP contribution < -0.4 is 58.2 Å². The van der Waals surface area contributed by atoms with Gasteiger partial charge < -0.3 is 70.5 Å². The number of hydrogen-bond donors (Lipinski definition) is 15. The molecule has 146 heavy (non-hydrogen) atoms. The number of nitrogens with zero attached hydrogens (tertiary/aromatic N) is 10. The molecule has 14 aromatic rings. The number of para-hydroxylation sites is 2. The van der Waals surface area contributed by atoms with Gasteiger partial charge in [-0.05, 0) is 133 Å². The largest absolute Gasteiger partial charge is 0.484 e. The number of carbonyl (C=O) groups excluding carboxylic acids is 4. The first-order chi connectivity index (χ1) is 69.8. The number of ketones is 4. The highest BCUT2D eigenvalue weighted by atomic mass is 32.2. The molecule has 15 N–H and O–H groups in total. The third kappa shape index (κ3) is 25.0. The number of nitrogens with one attached hydrogen (secondary N) is 8. The Morgan fingerprint density at radius 1 is 0.418 bits per heavy atom. The Labute approximate surface area is 846 Å². The fourth-order valence-electron chi connectivity index (χ4n) is 14.4. The third-order valence-electron chi connectivity index (χ3n) is 20.4. The monoisotopic (exact) mass is 2120 g/mol. The molecule has 54 heteroatoms. The van der Waals surface area contributed by atoms with E-state index in [-0.39, 0.29) is 174 Å². The average Bonchev–Trinajstić information content (AvgIpc) is 0.707. The fraction of sp³-hybridized carbons (Fsp3) is 0.152. The van der Waals surface area contributed by atoms with E-state index in [2.05, 4.69) is 107 Å². The average molecular weight is 2120 g/mol. The number of fused-ring (bicyclic) bond motifs is 4. The molecule has 16 rings (SSSR count). The zero-order valence-corrected chi connectivity index (χ0v) is 83.8. The summed E-state index contributed by atoms with van der Waals surface area (Å²) in [6, 6.07) is 45.6. The van der Waals surface area contributed by atoms with Crippen LogP contribution in [0.5, 0.6) is 17.8 Å². The van der Waals surface area contributed by atoms with Gasteiger partial charge in [-0.15, -0.1) is 35.7 Å². The molecule has 0 radical (unpaired) electrons. The Morgan fingerprint density at radius 2 is 0.788 bits per heavy atom. The molecular weight excluding hydrogens is 2030 g/mol. The number of aromatic nitrogens is 8. The van der Waals surface area contributed by atoms with Crippen molar-refractivity contribution in [1.29, 1.82) is 0 Å². The molecule has 0 fully saturated rings. The van der Waals surface area contributed by atoms with Gasteiger partial charge in [0.15, 0.2) is 28.9 Å². The number of benzene rings is 10. The molecule has 0 saturated heterocycles. The van der Waals surface area contributed by atoms with E-state index in [0.29, 0.717) is 45.0 Å². The Balaban J connectivity index is 0.000000244. The summed E-state index contributed by atoms with van der Waals surface area (Å²) in [5.41, 5.74) is 4.03. The van der Waals surface area contributed by atoms with E-state index in [4.69, 9.17) is 28.4 Å². The molecule has 48 nitrogen and oxygen atoms in total. The number of pyridine rings is 2. The standard InChI is InChI=1S/C45H40N10O15S3.C40H27N7O15S3.C3H9N.2C2H6/c1-46-65-67-69-71-24-13-11-12-23(20-24)39(56)38-35-25-14-7-8-15-26(25)40(57)36-29(18-19-32(37(35)36)54(3)41(38)58)48-31-21-30(33(64-73(62,63)55(4,5)6)22-34(31)72-70-68-66-47-2)50-44-51-43(52-45(61)53-44)49-28-17-10-9-16-27(28)42(59)60;1-47-27-14-13-24(31-32(27)30(20-9-2-3-10-21(20)35(31)49)33(36(47)50)34(48)18-7-6-8-19(15-18)63-61-59-54)41-25-16-26(29(65(56,57)58)17-28(25)64-62-60-55)43-39-44-38(45-40(53)46-39)42-23-12-5-4-11-22(23)37(51)52;1-4(2)3;2*1-2/h7-22,46-47H,1-6H3,(H4-,48,49,50,51,52,53,57,59,60,61);2-17,41,54-55H,1H3,(H,51,52)(H,56,57,58)(H3,42,43,44,45,46,53);1-3H3;2*1-2H3/p+1. The maximum Gasteiger partial charge on any atom is 0.484 e. The van der Waals surface area contributed by atoms with Gasteiger partial charge in [-0.25, -0.2) is 20.1 Å². The number of aromatic hydroxyl groups is 2. The van der Waals surface area contributed by atoms with E-state index in [1.807, 2.05) is 53.7 Å².